The van der Waals surface area contributed by atoms with E-state index in [-0.39, 0.29) is 24.1 Å². The Kier molecular flexibility index (Phi) is 9.13. The van der Waals surface area contributed by atoms with Crippen molar-refractivity contribution in [3.05, 3.63) is 71.4 Å². The molecular weight excluding hydrogens is 610 g/mol. The Hall–Kier alpha value is -5.31. The smallest absolute Gasteiger partial charge is 0.410 e. The number of rotatable bonds is 5. The van der Waals surface area contributed by atoms with E-state index in [0.717, 1.165) is 64.9 Å². The molecule has 6 rings (SSSR count). The molecule has 2 aromatic heterocycles. The number of alkyl carbamates (subject to hydrolysis) is 1. The molecule has 12 nitrogen and oxygen atoms in total. The lowest BCUT2D eigenvalue weighted by atomic mass is 10.1. The molecule has 0 aliphatic carbocycles. The summed E-state index contributed by atoms with van der Waals surface area (Å²) in [4.78, 5) is 57.2. The fourth-order valence-electron chi connectivity index (χ4n) is 6.24. The normalized spacial score (nSPS) is 18.4. The Labute approximate surface area is 279 Å². The number of aromatic amines is 2. The van der Waals surface area contributed by atoms with Crippen molar-refractivity contribution in [2.24, 2.45) is 0 Å². The summed E-state index contributed by atoms with van der Waals surface area (Å²) in [5.74, 6) is 7.77. The summed E-state index contributed by atoms with van der Waals surface area (Å²) in [7, 11) is 1.27. The molecule has 250 valence electrons. The first kappa shape index (κ1) is 32.6. The zero-order chi connectivity index (χ0) is 34.0. The number of carbonyl (C=O) groups is 3. The van der Waals surface area contributed by atoms with Gasteiger partial charge in [0.1, 0.15) is 23.3 Å². The predicted molar refractivity (Wildman–Crippen MR) is 180 cm³/mol. The molecule has 3 amide bonds. The lowest BCUT2D eigenvalue weighted by Gasteiger charge is -2.27. The molecule has 2 fully saturated rings. The number of aromatic nitrogens is 4. The van der Waals surface area contributed by atoms with Crippen molar-refractivity contribution in [3.63, 3.8) is 0 Å². The molecular formula is C36H41N7O5. The van der Waals surface area contributed by atoms with Gasteiger partial charge in [0, 0.05) is 36.0 Å². The number of nitrogens with zero attached hydrogens (tertiary/aromatic N) is 4. The highest BCUT2D eigenvalue weighted by atomic mass is 16.6. The number of amides is 3. The largest absolute Gasteiger partial charge is 0.453 e. The van der Waals surface area contributed by atoms with Crippen LogP contribution in [0.15, 0.2) is 48.7 Å². The van der Waals surface area contributed by atoms with Gasteiger partial charge in [-0.2, -0.15) is 0 Å². The number of ether oxygens (including phenoxy) is 2. The van der Waals surface area contributed by atoms with Crippen LogP contribution < -0.4 is 5.32 Å². The number of hydrogen-bond acceptors (Lipinski definition) is 7. The summed E-state index contributed by atoms with van der Waals surface area (Å²) in [5.41, 5.74) is 4.52. The number of carbonyl (C=O) groups excluding carboxylic acids is 3. The van der Waals surface area contributed by atoms with Gasteiger partial charge in [0.15, 0.2) is 0 Å². The molecule has 3 N–H and O–H groups in total. The van der Waals surface area contributed by atoms with E-state index in [1.165, 1.54) is 7.11 Å². The average Bonchev–Trinajstić information content (AvgIpc) is 3.87. The first-order valence-electron chi connectivity index (χ1n) is 16.3. The van der Waals surface area contributed by atoms with E-state index < -0.39 is 17.7 Å². The molecule has 0 unspecified atom stereocenters. The highest BCUT2D eigenvalue weighted by Crippen LogP contribution is 2.34. The zero-order valence-electron chi connectivity index (χ0n) is 27.9. The number of fused-ring (bicyclic) bond motifs is 1. The Morgan fingerprint density at radius 3 is 2.31 bits per heavy atom. The molecule has 2 saturated heterocycles. The van der Waals surface area contributed by atoms with E-state index in [2.05, 4.69) is 31.9 Å². The standard InChI is InChI=1S/C36H41N7O5/c1-22(38-34(45)47-5)33(44)42-18-6-9-30(42)32-39-26-17-14-24(20-27(26)40-32)11-10-23-12-15-25(16-13-23)28-21-37-31(41-28)29-8-7-19-43(29)35(46)48-36(2,3)4/h12-17,20-22,29-30H,6-9,18-19H2,1-5H3,(H,37,41)(H,38,45)(H,39,40)/t22-,29-,30-/m0/s1. The van der Waals surface area contributed by atoms with Gasteiger partial charge in [-0.3, -0.25) is 9.69 Å². The van der Waals surface area contributed by atoms with Gasteiger partial charge in [0.05, 0.1) is 35.9 Å². The van der Waals surface area contributed by atoms with Crippen LogP contribution in [-0.4, -0.2) is 79.7 Å². The van der Waals surface area contributed by atoms with E-state index in [1.807, 2.05) is 69.4 Å². The molecule has 3 atom stereocenters. The molecule has 0 spiro atoms. The van der Waals surface area contributed by atoms with E-state index in [0.29, 0.717) is 18.9 Å². The second kappa shape index (κ2) is 13.4. The van der Waals surface area contributed by atoms with Gasteiger partial charge < -0.3 is 29.7 Å². The molecule has 0 saturated carbocycles. The highest BCUT2D eigenvalue weighted by molar-refractivity contribution is 5.86. The van der Waals surface area contributed by atoms with E-state index in [1.54, 1.807) is 16.7 Å². The summed E-state index contributed by atoms with van der Waals surface area (Å²) in [6.07, 6.45) is 4.28. The van der Waals surface area contributed by atoms with Crippen molar-refractivity contribution in [1.82, 2.24) is 35.1 Å². The van der Waals surface area contributed by atoms with Crippen molar-refractivity contribution in [2.75, 3.05) is 20.2 Å². The van der Waals surface area contributed by atoms with Crippen LogP contribution in [0.1, 0.15) is 88.2 Å². The van der Waals surface area contributed by atoms with E-state index in [9.17, 15) is 14.4 Å². The maximum Gasteiger partial charge on any atom is 0.410 e. The Morgan fingerprint density at radius 1 is 0.938 bits per heavy atom. The number of imidazole rings is 2. The van der Waals surface area contributed by atoms with Crippen LogP contribution in [-0.2, 0) is 14.3 Å². The molecule has 4 heterocycles. The van der Waals surface area contributed by atoms with Crippen LogP contribution in [0.5, 0.6) is 0 Å². The quantitative estimate of drug-likeness (QED) is 0.230. The van der Waals surface area contributed by atoms with Gasteiger partial charge in [-0.05, 0) is 83.7 Å². The molecule has 4 aromatic rings. The van der Waals surface area contributed by atoms with Crippen LogP contribution in [0, 0.1) is 11.8 Å². The Balaban J connectivity index is 1.12. The first-order chi connectivity index (χ1) is 23.0. The van der Waals surface area contributed by atoms with Crippen molar-refractivity contribution >= 4 is 29.1 Å². The summed E-state index contributed by atoms with van der Waals surface area (Å²) in [6.45, 7) is 8.51. The summed E-state index contributed by atoms with van der Waals surface area (Å²) >= 11 is 0. The molecule has 0 bridgehead atoms. The minimum absolute atomic E-state index is 0.139. The minimum atomic E-state index is -0.705. The third-order valence-electron chi connectivity index (χ3n) is 8.57. The van der Waals surface area contributed by atoms with Crippen LogP contribution in [0.2, 0.25) is 0 Å². The fourth-order valence-corrected chi connectivity index (χ4v) is 6.24. The second-order valence-electron chi connectivity index (χ2n) is 13.2. The van der Waals surface area contributed by atoms with Gasteiger partial charge in [-0.25, -0.2) is 19.6 Å². The first-order valence-corrected chi connectivity index (χ1v) is 16.3. The third-order valence-corrected chi connectivity index (χ3v) is 8.57. The molecule has 2 aliphatic rings. The average molecular weight is 652 g/mol. The van der Waals surface area contributed by atoms with Crippen LogP contribution in [0.4, 0.5) is 9.59 Å². The molecule has 2 aliphatic heterocycles. The third kappa shape index (κ3) is 7.15. The molecule has 48 heavy (non-hydrogen) atoms. The summed E-state index contributed by atoms with van der Waals surface area (Å²) in [5, 5.41) is 2.55. The summed E-state index contributed by atoms with van der Waals surface area (Å²) < 4.78 is 10.2. The lowest BCUT2D eigenvalue weighted by molar-refractivity contribution is -0.134. The monoisotopic (exact) mass is 651 g/mol. The zero-order valence-corrected chi connectivity index (χ0v) is 27.9. The maximum absolute atomic E-state index is 13.1. The van der Waals surface area contributed by atoms with Crippen molar-refractivity contribution in [3.8, 4) is 23.1 Å². The Morgan fingerprint density at radius 2 is 1.60 bits per heavy atom. The van der Waals surface area contributed by atoms with Gasteiger partial charge >= 0.3 is 12.2 Å². The molecule has 2 aromatic carbocycles. The van der Waals surface area contributed by atoms with Crippen molar-refractivity contribution in [1.29, 1.82) is 0 Å². The Bertz CT molecular complexity index is 1880. The van der Waals surface area contributed by atoms with Gasteiger partial charge in [0.25, 0.3) is 0 Å². The number of methoxy groups -OCH3 is 1. The van der Waals surface area contributed by atoms with Gasteiger partial charge in [0.2, 0.25) is 5.91 Å². The second-order valence-corrected chi connectivity index (χ2v) is 13.2. The van der Waals surface area contributed by atoms with Crippen LogP contribution in [0.25, 0.3) is 22.3 Å². The molecule has 12 heteroatoms. The maximum atomic E-state index is 13.1. The van der Waals surface area contributed by atoms with E-state index >= 15 is 0 Å². The summed E-state index contributed by atoms with van der Waals surface area (Å²) in [6, 6.07) is 12.7. The van der Waals surface area contributed by atoms with Crippen LogP contribution in [0.3, 0.4) is 0 Å². The number of nitrogens with one attached hydrogen (secondary N) is 3. The van der Waals surface area contributed by atoms with Crippen LogP contribution >= 0.6 is 0 Å². The predicted octanol–water partition coefficient (Wildman–Crippen LogP) is 5.83. The van der Waals surface area contributed by atoms with Crippen molar-refractivity contribution in [2.45, 2.75) is 77.1 Å². The highest BCUT2D eigenvalue weighted by Gasteiger charge is 2.36. The molecule has 0 radical (unpaired) electrons. The number of H-pyrrole nitrogens is 2. The van der Waals surface area contributed by atoms with Gasteiger partial charge in [-0.1, -0.05) is 24.0 Å². The van der Waals surface area contributed by atoms with Crippen molar-refractivity contribution < 1.29 is 23.9 Å². The van der Waals surface area contributed by atoms with E-state index in [4.69, 9.17) is 14.7 Å². The fraction of sp³-hybridized carbons (Fsp3) is 0.417. The number of benzene rings is 2. The van der Waals surface area contributed by atoms with Gasteiger partial charge in [-0.15, -0.1) is 0 Å². The lowest BCUT2D eigenvalue weighted by Crippen LogP contribution is -2.46. The SMILES string of the molecule is COC(=O)N[C@@H](C)C(=O)N1CCC[C@H]1c1nc2cc(C#Cc3ccc(-c4c[nH]c([C@@H]5CCCN5C(=O)OC(C)(C)C)n4)cc3)ccc2[nH]1. The topological polar surface area (TPSA) is 146 Å². The number of likely N-dealkylation sites (tertiary alicyclic amines) is 2. The number of hydrogen-bond donors (Lipinski definition) is 3. The minimum Gasteiger partial charge on any atom is -0.453 e.